The van der Waals surface area contributed by atoms with Gasteiger partial charge in [-0.15, -0.1) is 0 Å². The monoisotopic (exact) mass is 350 g/mol. The second kappa shape index (κ2) is 8.20. The number of nitrogens with one attached hydrogen (secondary N) is 2. The molecule has 3 aromatic rings. The summed E-state index contributed by atoms with van der Waals surface area (Å²) in [5.74, 6) is -0.0420. The van der Waals surface area contributed by atoms with Crippen LogP contribution < -0.4 is 10.6 Å². The van der Waals surface area contributed by atoms with Crippen LogP contribution in [0.1, 0.15) is 34.6 Å². The highest BCUT2D eigenvalue weighted by Gasteiger charge is 2.10. The summed E-state index contributed by atoms with van der Waals surface area (Å²) in [6.45, 7) is 2.33. The van der Waals surface area contributed by atoms with Crippen molar-refractivity contribution in [2.24, 2.45) is 0 Å². The van der Waals surface area contributed by atoms with Crippen molar-refractivity contribution in [2.45, 2.75) is 19.5 Å². The predicted molar refractivity (Wildman–Crippen MR) is 98.1 cm³/mol. The van der Waals surface area contributed by atoms with Crippen molar-refractivity contribution in [1.82, 2.24) is 15.3 Å². The lowest BCUT2D eigenvalue weighted by Crippen LogP contribution is -2.24. The maximum absolute atomic E-state index is 12.9. The second-order valence-corrected chi connectivity index (χ2v) is 5.87. The number of halogens is 1. The van der Waals surface area contributed by atoms with Crippen molar-refractivity contribution >= 4 is 11.7 Å². The molecule has 0 aliphatic heterocycles. The van der Waals surface area contributed by atoms with Crippen molar-refractivity contribution in [2.75, 3.05) is 5.32 Å². The van der Waals surface area contributed by atoms with Gasteiger partial charge in [-0.25, -0.2) is 14.4 Å². The maximum Gasteiger partial charge on any atom is 0.271 e. The van der Waals surface area contributed by atoms with Gasteiger partial charge in [-0.05, 0) is 30.2 Å². The summed E-state index contributed by atoms with van der Waals surface area (Å²) in [5.41, 5.74) is 2.17. The molecule has 1 aromatic heterocycles. The molecule has 1 amide bonds. The molecule has 3 rings (SSSR count). The molecule has 1 unspecified atom stereocenters. The Balaban J connectivity index is 1.56. The Bertz CT molecular complexity index is 851. The summed E-state index contributed by atoms with van der Waals surface area (Å²) in [5, 5.41) is 5.98. The molecule has 132 valence electrons. The van der Waals surface area contributed by atoms with Crippen LogP contribution in [0.4, 0.5) is 10.2 Å². The van der Waals surface area contributed by atoms with Gasteiger partial charge in [0, 0.05) is 12.6 Å². The van der Waals surface area contributed by atoms with E-state index in [-0.39, 0.29) is 23.5 Å². The number of aromatic nitrogens is 2. The topological polar surface area (TPSA) is 66.9 Å². The van der Waals surface area contributed by atoms with Crippen LogP contribution in [0.3, 0.4) is 0 Å². The first-order valence-corrected chi connectivity index (χ1v) is 8.28. The molecule has 0 bridgehead atoms. The Kier molecular flexibility index (Phi) is 5.53. The molecule has 0 fully saturated rings. The molecule has 6 heteroatoms. The van der Waals surface area contributed by atoms with Gasteiger partial charge in [0.1, 0.15) is 17.3 Å². The van der Waals surface area contributed by atoms with E-state index in [9.17, 15) is 9.18 Å². The highest BCUT2D eigenvalue weighted by molar-refractivity contribution is 5.91. The van der Waals surface area contributed by atoms with Crippen LogP contribution in [0.15, 0.2) is 67.0 Å². The summed E-state index contributed by atoms with van der Waals surface area (Å²) in [6.07, 6.45) is 2.96. The third kappa shape index (κ3) is 4.63. The van der Waals surface area contributed by atoms with Crippen LogP contribution in [-0.4, -0.2) is 15.9 Å². The first kappa shape index (κ1) is 17.5. The summed E-state index contributed by atoms with van der Waals surface area (Å²) in [7, 11) is 0. The molecule has 0 aliphatic carbocycles. The van der Waals surface area contributed by atoms with E-state index >= 15 is 0 Å². The van der Waals surface area contributed by atoms with Crippen molar-refractivity contribution in [1.29, 1.82) is 0 Å². The Morgan fingerprint density at radius 3 is 2.42 bits per heavy atom. The van der Waals surface area contributed by atoms with Gasteiger partial charge in [-0.3, -0.25) is 4.79 Å². The Morgan fingerprint density at radius 1 is 1.04 bits per heavy atom. The summed E-state index contributed by atoms with van der Waals surface area (Å²) in [4.78, 5) is 20.5. The molecular weight excluding hydrogens is 331 g/mol. The predicted octanol–water partition coefficient (Wildman–Crippen LogP) is 3.72. The smallest absolute Gasteiger partial charge is 0.271 e. The zero-order chi connectivity index (χ0) is 18.4. The minimum absolute atomic E-state index is 0.0728. The molecule has 1 atom stereocenters. The van der Waals surface area contributed by atoms with Crippen molar-refractivity contribution in [3.8, 4) is 0 Å². The van der Waals surface area contributed by atoms with Crippen LogP contribution >= 0.6 is 0 Å². The molecule has 2 N–H and O–H groups in total. The van der Waals surface area contributed by atoms with Crippen molar-refractivity contribution in [3.63, 3.8) is 0 Å². The molecule has 5 nitrogen and oxygen atoms in total. The van der Waals surface area contributed by atoms with E-state index in [0.717, 1.165) is 11.1 Å². The lowest BCUT2D eigenvalue weighted by atomic mass is 10.1. The summed E-state index contributed by atoms with van der Waals surface area (Å²) >= 11 is 0. The normalized spacial score (nSPS) is 11.6. The highest BCUT2D eigenvalue weighted by atomic mass is 19.1. The first-order chi connectivity index (χ1) is 12.6. The number of nitrogens with zero attached hydrogens (tertiary/aromatic N) is 2. The lowest BCUT2D eigenvalue weighted by molar-refractivity contribution is 0.0945. The van der Waals surface area contributed by atoms with Crippen molar-refractivity contribution in [3.05, 3.63) is 89.6 Å². The van der Waals surface area contributed by atoms with Gasteiger partial charge in [0.15, 0.2) is 0 Å². The van der Waals surface area contributed by atoms with Crippen LogP contribution in [0, 0.1) is 5.82 Å². The molecule has 0 saturated carbocycles. The third-order valence-electron chi connectivity index (χ3n) is 3.91. The Labute approximate surface area is 151 Å². The largest absolute Gasteiger partial charge is 0.362 e. The average molecular weight is 350 g/mol. The number of anilines is 1. The van der Waals surface area contributed by atoms with Gasteiger partial charge in [0.05, 0.1) is 12.4 Å². The van der Waals surface area contributed by atoms with Crippen LogP contribution in [0.2, 0.25) is 0 Å². The third-order valence-corrected chi connectivity index (χ3v) is 3.91. The standard InChI is InChI=1S/C20H19FN4O/c1-14(16-5-3-2-4-6-16)25-19-13-22-18(12-23-19)20(26)24-11-15-7-9-17(21)10-8-15/h2-10,12-14H,11H2,1H3,(H,23,25)(H,24,26). The van der Waals surface area contributed by atoms with Gasteiger partial charge in [-0.1, -0.05) is 42.5 Å². The van der Waals surface area contributed by atoms with E-state index in [4.69, 9.17) is 0 Å². The Morgan fingerprint density at radius 2 is 1.77 bits per heavy atom. The number of rotatable bonds is 6. The van der Waals surface area contributed by atoms with E-state index in [1.165, 1.54) is 24.5 Å². The van der Waals surface area contributed by atoms with Crippen LogP contribution in [0.25, 0.3) is 0 Å². The quantitative estimate of drug-likeness (QED) is 0.711. The van der Waals surface area contributed by atoms with E-state index < -0.39 is 0 Å². The molecule has 0 spiro atoms. The fourth-order valence-corrected chi connectivity index (χ4v) is 2.44. The summed E-state index contributed by atoms with van der Waals surface area (Å²) < 4.78 is 12.9. The number of carbonyl (C=O) groups is 1. The SMILES string of the molecule is CC(Nc1cnc(C(=O)NCc2ccc(F)cc2)cn1)c1ccccc1. The molecule has 0 radical (unpaired) electrons. The van der Waals surface area contributed by atoms with E-state index in [1.807, 2.05) is 37.3 Å². The number of benzene rings is 2. The lowest BCUT2D eigenvalue weighted by Gasteiger charge is -2.14. The molecule has 1 heterocycles. The van der Waals surface area contributed by atoms with E-state index in [1.54, 1.807) is 12.1 Å². The fourth-order valence-electron chi connectivity index (χ4n) is 2.44. The molecular formula is C20H19FN4O. The van der Waals surface area contributed by atoms with Crippen LogP contribution in [0.5, 0.6) is 0 Å². The average Bonchev–Trinajstić information content (AvgIpc) is 2.68. The zero-order valence-electron chi connectivity index (χ0n) is 14.3. The number of carbonyl (C=O) groups excluding carboxylic acids is 1. The maximum atomic E-state index is 12.9. The van der Waals surface area contributed by atoms with Crippen molar-refractivity contribution < 1.29 is 9.18 Å². The first-order valence-electron chi connectivity index (χ1n) is 8.28. The number of hydrogen-bond acceptors (Lipinski definition) is 4. The Hall–Kier alpha value is -3.28. The number of amides is 1. The van der Waals surface area contributed by atoms with Gasteiger partial charge in [-0.2, -0.15) is 0 Å². The zero-order valence-corrected chi connectivity index (χ0v) is 14.3. The van der Waals surface area contributed by atoms with Gasteiger partial charge >= 0.3 is 0 Å². The second-order valence-electron chi connectivity index (χ2n) is 5.87. The van der Waals surface area contributed by atoms with Crippen LogP contribution in [-0.2, 0) is 6.54 Å². The van der Waals surface area contributed by atoms with E-state index in [2.05, 4.69) is 20.6 Å². The van der Waals surface area contributed by atoms with Gasteiger partial charge < -0.3 is 10.6 Å². The van der Waals surface area contributed by atoms with E-state index in [0.29, 0.717) is 12.4 Å². The molecule has 0 saturated heterocycles. The molecule has 0 aliphatic rings. The molecule has 2 aromatic carbocycles. The van der Waals surface area contributed by atoms with Gasteiger partial charge in [0.2, 0.25) is 0 Å². The van der Waals surface area contributed by atoms with Gasteiger partial charge in [0.25, 0.3) is 5.91 Å². The fraction of sp³-hybridized carbons (Fsp3) is 0.150. The number of hydrogen-bond donors (Lipinski definition) is 2. The highest BCUT2D eigenvalue weighted by Crippen LogP contribution is 2.16. The molecule has 26 heavy (non-hydrogen) atoms. The summed E-state index contributed by atoms with van der Waals surface area (Å²) in [6, 6.07) is 16.0. The minimum atomic E-state index is -0.329. The minimum Gasteiger partial charge on any atom is -0.362 e.